The molecule has 0 saturated heterocycles. The van der Waals surface area contributed by atoms with Gasteiger partial charge < -0.3 is 11.1 Å². The van der Waals surface area contributed by atoms with Crippen LogP contribution in [0.5, 0.6) is 0 Å². The minimum Gasteiger partial charge on any atom is -0.327 e. The zero-order chi connectivity index (χ0) is 18.1. The highest BCUT2D eigenvalue weighted by atomic mass is 14.7. The summed E-state index contributed by atoms with van der Waals surface area (Å²) < 4.78 is 0. The first kappa shape index (κ1) is 20.2. The summed E-state index contributed by atoms with van der Waals surface area (Å²) in [6, 6.07) is 0.259. The molecule has 2 aliphatic carbocycles. The summed E-state index contributed by atoms with van der Waals surface area (Å²) in [5.41, 5.74) is 9.61. The number of rotatable bonds is 9. The molecule has 1 unspecified atom stereocenters. The zero-order valence-electron chi connectivity index (χ0n) is 16.3. The Balaban J connectivity index is 1.81. The molecule has 3 N–H and O–H groups in total. The molecule has 2 heteroatoms. The first-order chi connectivity index (χ1) is 12.1. The van der Waals surface area contributed by atoms with Crippen molar-refractivity contribution in [3.05, 3.63) is 35.5 Å². The fourth-order valence-corrected chi connectivity index (χ4v) is 4.07. The third-order valence-electron chi connectivity index (χ3n) is 5.79. The molecule has 0 heterocycles. The molecular formula is C23H38N2. The Kier molecular flexibility index (Phi) is 8.67. The smallest absolute Gasteiger partial charge is 0.0111 e. The highest BCUT2D eigenvalue weighted by Gasteiger charge is 2.26. The Bertz CT molecular complexity index is 498. The van der Waals surface area contributed by atoms with Crippen LogP contribution in [-0.4, -0.2) is 12.3 Å². The van der Waals surface area contributed by atoms with Crippen LogP contribution in [0.25, 0.3) is 0 Å². The summed E-state index contributed by atoms with van der Waals surface area (Å²) in [6.07, 6.45) is 22.9. The lowest BCUT2D eigenvalue weighted by molar-refractivity contribution is 0.348. The van der Waals surface area contributed by atoms with Gasteiger partial charge in [0.2, 0.25) is 0 Å². The van der Waals surface area contributed by atoms with E-state index in [4.69, 9.17) is 11.1 Å². The molecule has 0 aromatic heterocycles. The molecule has 0 radical (unpaired) electrons. The molecule has 0 bridgehead atoms. The molecule has 0 aromatic carbocycles. The van der Waals surface area contributed by atoms with Gasteiger partial charge >= 0.3 is 0 Å². The Morgan fingerprint density at radius 1 is 1.20 bits per heavy atom. The topological polar surface area (TPSA) is 49.9 Å². The molecule has 0 spiro atoms. The van der Waals surface area contributed by atoms with E-state index in [-0.39, 0.29) is 6.04 Å². The van der Waals surface area contributed by atoms with Crippen LogP contribution in [0.4, 0.5) is 0 Å². The van der Waals surface area contributed by atoms with Gasteiger partial charge in [0.25, 0.3) is 0 Å². The van der Waals surface area contributed by atoms with Crippen LogP contribution in [0, 0.1) is 23.2 Å². The molecule has 0 amide bonds. The highest BCUT2D eigenvalue weighted by molar-refractivity contribution is 5.57. The third-order valence-corrected chi connectivity index (χ3v) is 5.79. The van der Waals surface area contributed by atoms with Crippen molar-refractivity contribution in [2.24, 2.45) is 23.5 Å². The van der Waals surface area contributed by atoms with Crippen molar-refractivity contribution in [2.75, 3.05) is 0 Å². The molecule has 0 saturated carbocycles. The van der Waals surface area contributed by atoms with Gasteiger partial charge in [-0.15, -0.1) is 0 Å². The van der Waals surface area contributed by atoms with E-state index >= 15 is 0 Å². The lowest BCUT2D eigenvalue weighted by Crippen LogP contribution is -2.34. The van der Waals surface area contributed by atoms with E-state index in [9.17, 15) is 0 Å². The van der Waals surface area contributed by atoms with Crippen molar-refractivity contribution in [3.8, 4) is 0 Å². The second-order valence-corrected chi connectivity index (χ2v) is 8.41. The number of nitrogens with two attached hydrogens (primary N) is 1. The number of allylic oxidation sites excluding steroid dienone is 5. The van der Waals surface area contributed by atoms with Gasteiger partial charge in [-0.1, -0.05) is 38.2 Å². The molecule has 2 rings (SSSR count). The molecule has 0 fully saturated rings. The van der Waals surface area contributed by atoms with E-state index in [0.717, 1.165) is 38.0 Å². The van der Waals surface area contributed by atoms with Gasteiger partial charge in [0.15, 0.2) is 0 Å². The van der Waals surface area contributed by atoms with Crippen molar-refractivity contribution >= 4 is 6.21 Å². The Morgan fingerprint density at radius 2 is 2.04 bits per heavy atom. The number of nitrogens with one attached hydrogen (secondary N) is 1. The summed E-state index contributed by atoms with van der Waals surface area (Å²) >= 11 is 0. The van der Waals surface area contributed by atoms with E-state index in [0.29, 0.717) is 11.8 Å². The van der Waals surface area contributed by atoms with E-state index in [2.05, 4.69) is 38.2 Å². The predicted octanol–water partition coefficient (Wildman–Crippen LogP) is 6.19. The maximum Gasteiger partial charge on any atom is 0.0111 e. The minimum absolute atomic E-state index is 0.259. The average molecular weight is 343 g/mol. The van der Waals surface area contributed by atoms with Gasteiger partial charge in [-0.05, 0) is 99.3 Å². The first-order valence-corrected chi connectivity index (χ1v) is 10.4. The van der Waals surface area contributed by atoms with Gasteiger partial charge in [-0.3, -0.25) is 0 Å². The molecule has 0 aliphatic heterocycles. The monoisotopic (exact) mass is 342 g/mol. The molecule has 3 atom stereocenters. The normalized spacial score (nSPS) is 25.8. The Morgan fingerprint density at radius 3 is 2.68 bits per heavy atom. The predicted molar refractivity (Wildman–Crippen MR) is 110 cm³/mol. The second-order valence-electron chi connectivity index (χ2n) is 8.41. The van der Waals surface area contributed by atoms with Crippen LogP contribution < -0.4 is 5.73 Å². The fourth-order valence-electron chi connectivity index (χ4n) is 4.07. The van der Waals surface area contributed by atoms with Gasteiger partial charge in [0.05, 0.1) is 0 Å². The van der Waals surface area contributed by atoms with Crippen LogP contribution in [0.2, 0.25) is 0 Å². The SMILES string of the molecule is CC(C)CC/C=C\C[C@H](C=N)C[C@H]1CC=C(C2=CCCCC2)CC1N. The van der Waals surface area contributed by atoms with Crippen molar-refractivity contribution in [1.29, 1.82) is 5.41 Å². The average Bonchev–Trinajstić information content (AvgIpc) is 2.62. The molecule has 0 aromatic rings. The van der Waals surface area contributed by atoms with Crippen LogP contribution in [-0.2, 0) is 0 Å². The van der Waals surface area contributed by atoms with Crippen molar-refractivity contribution in [1.82, 2.24) is 0 Å². The maximum atomic E-state index is 7.77. The largest absolute Gasteiger partial charge is 0.327 e. The van der Waals surface area contributed by atoms with Gasteiger partial charge in [0, 0.05) is 6.04 Å². The third kappa shape index (κ3) is 6.93. The van der Waals surface area contributed by atoms with Gasteiger partial charge in [0.1, 0.15) is 0 Å². The van der Waals surface area contributed by atoms with Crippen molar-refractivity contribution < 1.29 is 0 Å². The summed E-state index contributed by atoms with van der Waals surface area (Å²) in [5.74, 6) is 1.64. The molecular weight excluding hydrogens is 304 g/mol. The summed E-state index contributed by atoms with van der Waals surface area (Å²) in [4.78, 5) is 0. The summed E-state index contributed by atoms with van der Waals surface area (Å²) in [5, 5.41) is 7.77. The lowest BCUT2D eigenvalue weighted by Gasteiger charge is -2.32. The summed E-state index contributed by atoms with van der Waals surface area (Å²) in [7, 11) is 0. The number of hydrogen-bond acceptors (Lipinski definition) is 2. The van der Waals surface area contributed by atoms with E-state index in [1.807, 2.05) is 0 Å². The summed E-state index contributed by atoms with van der Waals surface area (Å²) in [6.45, 7) is 4.54. The highest BCUT2D eigenvalue weighted by Crippen LogP contribution is 2.34. The fraction of sp³-hybridized carbons (Fsp3) is 0.696. The molecule has 2 nitrogen and oxygen atoms in total. The van der Waals surface area contributed by atoms with Crippen LogP contribution in [0.3, 0.4) is 0 Å². The zero-order valence-corrected chi connectivity index (χ0v) is 16.3. The van der Waals surface area contributed by atoms with E-state index < -0.39 is 0 Å². The van der Waals surface area contributed by atoms with E-state index in [1.165, 1.54) is 37.7 Å². The molecule has 2 aliphatic rings. The molecule has 25 heavy (non-hydrogen) atoms. The van der Waals surface area contributed by atoms with E-state index in [1.54, 1.807) is 11.8 Å². The standard InChI is InChI=1S/C23H38N2/c1-18(2)9-5-3-6-10-19(17-24)15-22-14-13-21(16-23(22)25)20-11-7-4-8-12-20/h3,6,11,13,17-19,22-24H,4-5,7-10,12,14-16,25H2,1-2H3/b6-3-,24-17?/t19-,22+,23?/m0/s1. The van der Waals surface area contributed by atoms with Crippen molar-refractivity contribution in [2.45, 2.75) is 84.1 Å². The van der Waals surface area contributed by atoms with Crippen molar-refractivity contribution in [3.63, 3.8) is 0 Å². The lowest BCUT2D eigenvalue weighted by atomic mass is 9.76. The van der Waals surface area contributed by atoms with Crippen LogP contribution in [0.1, 0.15) is 78.1 Å². The quantitative estimate of drug-likeness (QED) is 0.381. The Hall–Kier alpha value is -1.15. The van der Waals surface area contributed by atoms with Crippen LogP contribution >= 0.6 is 0 Å². The maximum absolute atomic E-state index is 7.77. The van der Waals surface area contributed by atoms with Gasteiger partial charge in [-0.25, -0.2) is 0 Å². The first-order valence-electron chi connectivity index (χ1n) is 10.4. The van der Waals surface area contributed by atoms with Gasteiger partial charge in [-0.2, -0.15) is 0 Å². The minimum atomic E-state index is 0.259. The van der Waals surface area contributed by atoms with Crippen LogP contribution in [0.15, 0.2) is 35.5 Å². The second kappa shape index (κ2) is 10.8. The Labute approximate surface area is 155 Å². The molecule has 140 valence electrons. The number of hydrogen-bond donors (Lipinski definition) is 2.